The van der Waals surface area contributed by atoms with Crippen LogP contribution in [0.1, 0.15) is 36.8 Å². The van der Waals surface area contributed by atoms with Gasteiger partial charge in [0.05, 0.1) is 0 Å². The van der Waals surface area contributed by atoms with Crippen molar-refractivity contribution in [1.82, 2.24) is 4.90 Å². The Bertz CT molecular complexity index is 357. The highest BCUT2D eigenvalue weighted by Gasteiger charge is 2.11. The molecule has 0 saturated carbocycles. The molecule has 0 aromatic heterocycles. The Hall–Kier alpha value is -0.930. The van der Waals surface area contributed by atoms with Gasteiger partial charge in [0.25, 0.3) is 0 Å². The van der Waals surface area contributed by atoms with E-state index in [0.717, 1.165) is 30.8 Å². The number of benzene rings is 1. The van der Waals surface area contributed by atoms with Crippen molar-refractivity contribution in [3.8, 4) is 0 Å². The third-order valence-electron chi connectivity index (χ3n) is 3.48. The zero-order valence-electron chi connectivity index (χ0n) is 10.3. The molecule has 0 bridgehead atoms. The smallest absolute Gasteiger partial charge is 0.123 e. The molecule has 0 spiro atoms. The summed E-state index contributed by atoms with van der Waals surface area (Å²) in [6.45, 7) is 3.58. The molecule has 1 fully saturated rings. The number of rotatable bonds is 3. The third-order valence-corrected chi connectivity index (χ3v) is 3.48. The molecular weight excluding hydrogens is 215 g/mol. The van der Waals surface area contributed by atoms with Crippen LogP contribution in [-0.4, -0.2) is 18.0 Å². The molecule has 0 radical (unpaired) electrons. The van der Waals surface area contributed by atoms with E-state index in [1.165, 1.54) is 31.7 Å². The highest BCUT2D eigenvalue weighted by Crippen LogP contribution is 2.17. The second kappa shape index (κ2) is 6.12. The molecule has 0 unspecified atom stereocenters. The van der Waals surface area contributed by atoms with Gasteiger partial charge in [0, 0.05) is 13.1 Å². The van der Waals surface area contributed by atoms with Gasteiger partial charge in [-0.2, -0.15) is 0 Å². The third kappa shape index (κ3) is 3.51. The Balaban J connectivity index is 2.07. The predicted molar refractivity (Wildman–Crippen MR) is 68.0 cm³/mol. The Kier molecular flexibility index (Phi) is 4.51. The predicted octanol–water partition coefficient (Wildman–Crippen LogP) is 2.66. The van der Waals surface area contributed by atoms with E-state index in [2.05, 4.69) is 4.90 Å². The molecule has 3 heteroatoms. The molecular formula is C14H21FN2. The lowest BCUT2D eigenvalue weighted by molar-refractivity contribution is 0.276. The van der Waals surface area contributed by atoms with E-state index in [-0.39, 0.29) is 5.82 Å². The molecule has 1 aliphatic rings. The van der Waals surface area contributed by atoms with E-state index in [0.29, 0.717) is 6.54 Å². The van der Waals surface area contributed by atoms with Crippen LogP contribution >= 0.6 is 0 Å². The fourth-order valence-electron chi connectivity index (χ4n) is 2.48. The lowest BCUT2D eigenvalue weighted by Crippen LogP contribution is -2.25. The molecule has 1 aliphatic heterocycles. The van der Waals surface area contributed by atoms with Gasteiger partial charge in [0.1, 0.15) is 5.82 Å². The Labute approximate surface area is 103 Å². The lowest BCUT2D eigenvalue weighted by atomic mass is 10.1. The van der Waals surface area contributed by atoms with Crippen molar-refractivity contribution in [2.75, 3.05) is 13.1 Å². The van der Waals surface area contributed by atoms with Crippen LogP contribution in [0.25, 0.3) is 0 Å². The van der Waals surface area contributed by atoms with Gasteiger partial charge in [-0.05, 0) is 49.2 Å². The number of nitrogens with two attached hydrogens (primary N) is 1. The molecule has 17 heavy (non-hydrogen) atoms. The highest BCUT2D eigenvalue weighted by atomic mass is 19.1. The molecule has 1 heterocycles. The van der Waals surface area contributed by atoms with E-state index in [4.69, 9.17) is 5.73 Å². The molecule has 94 valence electrons. The first-order chi connectivity index (χ1) is 8.29. The summed E-state index contributed by atoms with van der Waals surface area (Å²) in [4.78, 5) is 2.42. The maximum Gasteiger partial charge on any atom is 0.123 e. The van der Waals surface area contributed by atoms with Gasteiger partial charge in [0.15, 0.2) is 0 Å². The summed E-state index contributed by atoms with van der Waals surface area (Å²) < 4.78 is 13.3. The molecule has 2 N–H and O–H groups in total. The normalized spacial score (nSPS) is 18.0. The molecule has 0 amide bonds. The fourth-order valence-corrected chi connectivity index (χ4v) is 2.48. The number of halogens is 1. The minimum atomic E-state index is -0.160. The second-order valence-electron chi connectivity index (χ2n) is 4.81. The Morgan fingerprint density at radius 2 is 1.76 bits per heavy atom. The van der Waals surface area contributed by atoms with Crippen molar-refractivity contribution in [3.05, 3.63) is 35.1 Å². The first kappa shape index (κ1) is 12.5. The van der Waals surface area contributed by atoms with Crippen molar-refractivity contribution >= 4 is 0 Å². The van der Waals surface area contributed by atoms with Crippen molar-refractivity contribution < 1.29 is 4.39 Å². The highest BCUT2D eigenvalue weighted by molar-refractivity contribution is 5.27. The van der Waals surface area contributed by atoms with Gasteiger partial charge in [-0.25, -0.2) is 4.39 Å². The Morgan fingerprint density at radius 3 is 2.41 bits per heavy atom. The van der Waals surface area contributed by atoms with Gasteiger partial charge < -0.3 is 5.73 Å². The Morgan fingerprint density at radius 1 is 1.06 bits per heavy atom. The lowest BCUT2D eigenvalue weighted by Gasteiger charge is -2.21. The van der Waals surface area contributed by atoms with E-state index >= 15 is 0 Å². The zero-order valence-corrected chi connectivity index (χ0v) is 10.3. The van der Waals surface area contributed by atoms with Crippen LogP contribution in [0.4, 0.5) is 4.39 Å². The monoisotopic (exact) mass is 236 g/mol. The SMILES string of the molecule is NCc1ccc(F)cc1CN1CCCCCC1. The molecule has 2 nitrogen and oxygen atoms in total. The van der Waals surface area contributed by atoms with Gasteiger partial charge in [0.2, 0.25) is 0 Å². The van der Waals surface area contributed by atoms with Crippen LogP contribution in [0.3, 0.4) is 0 Å². The zero-order chi connectivity index (χ0) is 12.1. The van der Waals surface area contributed by atoms with Crippen LogP contribution in [0.2, 0.25) is 0 Å². The van der Waals surface area contributed by atoms with Crippen LogP contribution in [0, 0.1) is 5.82 Å². The number of likely N-dealkylation sites (tertiary alicyclic amines) is 1. The minimum absolute atomic E-state index is 0.160. The maximum atomic E-state index is 13.3. The second-order valence-corrected chi connectivity index (χ2v) is 4.81. The van der Waals surface area contributed by atoms with E-state index < -0.39 is 0 Å². The average molecular weight is 236 g/mol. The fraction of sp³-hybridized carbons (Fsp3) is 0.571. The van der Waals surface area contributed by atoms with Crippen molar-refractivity contribution in [1.29, 1.82) is 0 Å². The molecule has 2 rings (SSSR count). The van der Waals surface area contributed by atoms with Crippen LogP contribution in [-0.2, 0) is 13.1 Å². The van der Waals surface area contributed by atoms with Gasteiger partial charge in [-0.1, -0.05) is 18.9 Å². The first-order valence-electron chi connectivity index (χ1n) is 6.49. The average Bonchev–Trinajstić information content (AvgIpc) is 2.58. The summed E-state index contributed by atoms with van der Waals surface area (Å²) in [5, 5.41) is 0. The van der Waals surface area contributed by atoms with Crippen LogP contribution in [0.5, 0.6) is 0 Å². The van der Waals surface area contributed by atoms with Crippen LogP contribution in [0.15, 0.2) is 18.2 Å². The first-order valence-corrected chi connectivity index (χ1v) is 6.49. The topological polar surface area (TPSA) is 29.3 Å². The van der Waals surface area contributed by atoms with E-state index in [1.54, 1.807) is 6.07 Å². The minimum Gasteiger partial charge on any atom is -0.326 e. The largest absolute Gasteiger partial charge is 0.326 e. The van der Waals surface area contributed by atoms with Gasteiger partial charge >= 0.3 is 0 Å². The molecule has 0 atom stereocenters. The molecule has 1 saturated heterocycles. The maximum absolute atomic E-state index is 13.3. The van der Waals surface area contributed by atoms with Crippen molar-refractivity contribution in [2.24, 2.45) is 5.73 Å². The molecule has 0 aliphatic carbocycles. The number of hydrogen-bond acceptors (Lipinski definition) is 2. The number of nitrogens with zero attached hydrogens (tertiary/aromatic N) is 1. The van der Waals surface area contributed by atoms with Crippen molar-refractivity contribution in [3.63, 3.8) is 0 Å². The summed E-state index contributed by atoms with van der Waals surface area (Å²) in [5.74, 6) is -0.160. The van der Waals surface area contributed by atoms with E-state index in [1.807, 2.05) is 6.07 Å². The molecule has 1 aromatic carbocycles. The quantitative estimate of drug-likeness (QED) is 0.874. The van der Waals surface area contributed by atoms with Crippen LogP contribution < -0.4 is 5.73 Å². The summed E-state index contributed by atoms with van der Waals surface area (Å²) in [6.07, 6.45) is 5.16. The summed E-state index contributed by atoms with van der Waals surface area (Å²) >= 11 is 0. The summed E-state index contributed by atoms with van der Waals surface area (Å²) in [5.41, 5.74) is 7.81. The summed E-state index contributed by atoms with van der Waals surface area (Å²) in [6, 6.07) is 4.93. The summed E-state index contributed by atoms with van der Waals surface area (Å²) in [7, 11) is 0. The standard InChI is InChI=1S/C14H21FN2/c15-14-6-5-12(10-16)13(9-14)11-17-7-3-1-2-4-8-17/h5-6,9H,1-4,7-8,10-11,16H2. The van der Waals surface area contributed by atoms with E-state index in [9.17, 15) is 4.39 Å². The van der Waals surface area contributed by atoms with Gasteiger partial charge in [-0.3, -0.25) is 4.90 Å². The number of hydrogen-bond donors (Lipinski definition) is 1. The van der Waals surface area contributed by atoms with Crippen molar-refractivity contribution in [2.45, 2.75) is 38.8 Å². The molecule has 1 aromatic rings. The van der Waals surface area contributed by atoms with Gasteiger partial charge in [-0.15, -0.1) is 0 Å².